The number of hydrogen-bond donors (Lipinski definition) is 0. The third kappa shape index (κ3) is 3.06. The molecule has 1 aliphatic rings. The van der Waals surface area contributed by atoms with Crippen molar-refractivity contribution in [3.8, 4) is 6.07 Å². The van der Waals surface area contributed by atoms with E-state index in [9.17, 15) is 8.42 Å². The van der Waals surface area contributed by atoms with Crippen molar-refractivity contribution in [1.82, 2.24) is 4.31 Å². The summed E-state index contributed by atoms with van der Waals surface area (Å²) in [5, 5.41) is 8.44. The first-order valence-electron chi connectivity index (χ1n) is 5.31. The lowest BCUT2D eigenvalue weighted by Gasteiger charge is -2.31. The third-order valence-electron chi connectivity index (χ3n) is 2.78. The van der Waals surface area contributed by atoms with Gasteiger partial charge in [-0.15, -0.1) is 0 Å². The highest BCUT2D eigenvalue weighted by Crippen LogP contribution is 2.30. The summed E-state index contributed by atoms with van der Waals surface area (Å²) >= 11 is 0. The van der Waals surface area contributed by atoms with E-state index in [2.05, 4.69) is 20.8 Å². The van der Waals surface area contributed by atoms with Crippen molar-refractivity contribution in [2.75, 3.05) is 18.8 Å². The summed E-state index contributed by atoms with van der Waals surface area (Å²) in [4.78, 5) is 0. The van der Waals surface area contributed by atoms with E-state index in [0.717, 1.165) is 6.42 Å². The van der Waals surface area contributed by atoms with Crippen molar-refractivity contribution >= 4 is 10.0 Å². The molecule has 0 atom stereocenters. The highest BCUT2D eigenvalue weighted by molar-refractivity contribution is 7.89. The molecule has 1 heterocycles. The first kappa shape index (κ1) is 13.2. The maximum atomic E-state index is 11.6. The summed E-state index contributed by atoms with van der Waals surface area (Å²) < 4.78 is 24.6. The maximum absolute atomic E-state index is 11.6. The molecule has 0 bridgehead atoms. The monoisotopic (exact) mass is 242 g/mol. The van der Waals surface area contributed by atoms with Crippen LogP contribution >= 0.6 is 0 Å². The number of hydrogen-bond acceptors (Lipinski definition) is 3. The lowest BCUT2D eigenvalue weighted by molar-refractivity contribution is 0.391. The van der Waals surface area contributed by atoms with Crippen LogP contribution in [-0.2, 0) is 10.0 Å². The molecular formula is C11H18N2O2S. The number of rotatable bonds is 2. The molecule has 16 heavy (non-hydrogen) atoms. The summed E-state index contributed by atoms with van der Waals surface area (Å²) in [5.74, 6) is -0.425. The van der Waals surface area contributed by atoms with Gasteiger partial charge < -0.3 is 0 Å². The fourth-order valence-corrected chi connectivity index (χ4v) is 2.77. The van der Waals surface area contributed by atoms with Crippen molar-refractivity contribution in [2.24, 2.45) is 5.41 Å². The zero-order valence-corrected chi connectivity index (χ0v) is 10.8. The first-order valence-corrected chi connectivity index (χ1v) is 6.92. The smallest absolute Gasteiger partial charge is 0.211 e. The van der Waals surface area contributed by atoms with Gasteiger partial charge in [-0.2, -0.15) is 9.57 Å². The molecular weight excluding hydrogens is 224 g/mol. The van der Waals surface area contributed by atoms with Gasteiger partial charge in [0.15, 0.2) is 5.75 Å². The highest BCUT2D eigenvalue weighted by atomic mass is 32.2. The van der Waals surface area contributed by atoms with Crippen LogP contribution in [0.2, 0.25) is 0 Å². The second-order valence-electron chi connectivity index (χ2n) is 5.00. The van der Waals surface area contributed by atoms with Crippen molar-refractivity contribution in [1.29, 1.82) is 5.26 Å². The highest BCUT2D eigenvalue weighted by Gasteiger charge is 2.27. The Balaban J connectivity index is 2.77. The number of nitrogens with zero attached hydrogens (tertiary/aromatic N) is 2. The van der Waals surface area contributed by atoms with Crippen LogP contribution in [0.25, 0.3) is 0 Å². The van der Waals surface area contributed by atoms with E-state index in [1.165, 1.54) is 9.88 Å². The van der Waals surface area contributed by atoms with Crippen LogP contribution in [0.4, 0.5) is 0 Å². The minimum atomic E-state index is -3.37. The minimum absolute atomic E-state index is 0.102. The predicted octanol–water partition coefficient (Wildman–Crippen LogP) is 1.52. The molecule has 90 valence electrons. The van der Waals surface area contributed by atoms with Crippen LogP contribution in [0.3, 0.4) is 0 Å². The lowest BCUT2D eigenvalue weighted by Crippen LogP contribution is -2.37. The molecule has 0 saturated heterocycles. The molecule has 0 radical (unpaired) electrons. The molecule has 0 saturated carbocycles. The van der Waals surface area contributed by atoms with Gasteiger partial charge in [-0.3, -0.25) is 0 Å². The standard InChI is InChI=1S/C11H18N2O2S/c1-11(2,3)10-4-7-13(8-5-10)16(14,15)9-6-12/h4H,5,7-9H2,1-3H3. The minimum Gasteiger partial charge on any atom is -0.211 e. The van der Waals surface area contributed by atoms with Gasteiger partial charge in [-0.05, 0) is 11.8 Å². The van der Waals surface area contributed by atoms with E-state index >= 15 is 0 Å². The molecule has 1 rings (SSSR count). The lowest BCUT2D eigenvalue weighted by atomic mass is 9.83. The van der Waals surface area contributed by atoms with E-state index < -0.39 is 15.8 Å². The van der Waals surface area contributed by atoms with Crippen molar-refractivity contribution in [3.63, 3.8) is 0 Å². The average molecular weight is 242 g/mol. The Kier molecular flexibility index (Phi) is 3.76. The summed E-state index contributed by atoms with van der Waals surface area (Å²) in [5.41, 5.74) is 1.39. The average Bonchev–Trinajstić information content (AvgIpc) is 2.16. The van der Waals surface area contributed by atoms with Gasteiger partial charge in [0.05, 0.1) is 6.07 Å². The zero-order chi connectivity index (χ0) is 12.4. The van der Waals surface area contributed by atoms with Crippen molar-refractivity contribution < 1.29 is 8.42 Å². The van der Waals surface area contributed by atoms with Crippen LogP contribution in [0, 0.1) is 16.7 Å². The van der Waals surface area contributed by atoms with Gasteiger partial charge in [0, 0.05) is 13.1 Å². The molecule has 0 aromatic heterocycles. The van der Waals surface area contributed by atoms with Gasteiger partial charge in [-0.25, -0.2) is 8.42 Å². The maximum Gasteiger partial charge on any atom is 0.227 e. The van der Waals surface area contributed by atoms with Crippen molar-refractivity contribution in [3.05, 3.63) is 11.6 Å². The van der Waals surface area contributed by atoms with Gasteiger partial charge in [0.25, 0.3) is 0 Å². The molecule has 0 aromatic carbocycles. The largest absolute Gasteiger partial charge is 0.227 e. The van der Waals surface area contributed by atoms with Crippen LogP contribution in [-0.4, -0.2) is 31.6 Å². The van der Waals surface area contributed by atoms with Gasteiger partial charge >= 0.3 is 0 Å². The quantitative estimate of drug-likeness (QED) is 0.690. The Hall–Kier alpha value is -0.860. The number of sulfonamides is 1. The Morgan fingerprint density at radius 3 is 2.50 bits per heavy atom. The fourth-order valence-electron chi connectivity index (χ4n) is 1.76. The van der Waals surface area contributed by atoms with Crippen LogP contribution in [0.1, 0.15) is 27.2 Å². The van der Waals surface area contributed by atoms with Gasteiger partial charge in [0.1, 0.15) is 0 Å². The second kappa shape index (κ2) is 4.56. The third-order valence-corrected chi connectivity index (χ3v) is 4.39. The molecule has 0 fully saturated rings. The molecule has 0 aliphatic carbocycles. The first-order chi connectivity index (χ1) is 7.27. The summed E-state index contributed by atoms with van der Waals surface area (Å²) in [7, 11) is -3.37. The SMILES string of the molecule is CC(C)(C)C1=CCN(S(=O)(=O)CC#N)CC1. The van der Waals surface area contributed by atoms with Gasteiger partial charge in [0.2, 0.25) is 10.0 Å². The van der Waals surface area contributed by atoms with Crippen LogP contribution in [0.15, 0.2) is 11.6 Å². The van der Waals surface area contributed by atoms with E-state index in [-0.39, 0.29) is 5.41 Å². The molecule has 0 amide bonds. The molecule has 1 aliphatic heterocycles. The van der Waals surface area contributed by atoms with E-state index in [1.807, 2.05) is 6.08 Å². The summed E-state index contributed by atoms with van der Waals surface area (Å²) in [6.07, 6.45) is 2.73. The fraction of sp³-hybridized carbons (Fsp3) is 0.727. The molecule has 0 spiro atoms. The molecule has 0 unspecified atom stereocenters. The molecule has 0 aromatic rings. The molecule has 0 N–H and O–H groups in total. The Morgan fingerprint density at radius 2 is 2.12 bits per heavy atom. The van der Waals surface area contributed by atoms with Crippen LogP contribution in [0.5, 0.6) is 0 Å². The Morgan fingerprint density at radius 1 is 1.50 bits per heavy atom. The number of nitriles is 1. The summed E-state index contributed by atoms with van der Waals surface area (Å²) in [6, 6.07) is 1.70. The van der Waals surface area contributed by atoms with Crippen molar-refractivity contribution in [2.45, 2.75) is 27.2 Å². The van der Waals surface area contributed by atoms with E-state index in [4.69, 9.17) is 5.26 Å². The second-order valence-corrected chi connectivity index (χ2v) is 6.97. The van der Waals surface area contributed by atoms with Gasteiger partial charge in [-0.1, -0.05) is 32.4 Å². The topological polar surface area (TPSA) is 61.2 Å². The Labute approximate surface area is 97.6 Å². The molecule has 4 nitrogen and oxygen atoms in total. The zero-order valence-electron chi connectivity index (χ0n) is 10.0. The van der Waals surface area contributed by atoms with E-state index in [0.29, 0.717) is 13.1 Å². The predicted molar refractivity (Wildman–Crippen MR) is 63.1 cm³/mol. The Bertz CT molecular complexity index is 424. The van der Waals surface area contributed by atoms with Crippen LogP contribution < -0.4 is 0 Å². The summed E-state index contributed by atoms with van der Waals surface area (Å²) in [6.45, 7) is 7.26. The van der Waals surface area contributed by atoms with E-state index in [1.54, 1.807) is 6.07 Å². The molecule has 5 heteroatoms. The normalized spacial score (nSPS) is 19.0.